The molecule has 1 aromatic heterocycles. The summed E-state index contributed by atoms with van der Waals surface area (Å²) in [5, 5.41) is 1.42. The van der Waals surface area contributed by atoms with E-state index >= 15 is 0 Å². The summed E-state index contributed by atoms with van der Waals surface area (Å²) >= 11 is 6.13. The number of carbonyl (C=O) groups excluding carboxylic acids is 1. The Morgan fingerprint density at radius 1 is 1.26 bits per heavy atom. The van der Waals surface area contributed by atoms with Crippen LogP contribution in [0.1, 0.15) is 10.4 Å². The Morgan fingerprint density at radius 3 is 2.84 bits per heavy atom. The minimum Gasteiger partial charge on any atom is -0.378 e. The Labute approximate surface area is 115 Å². The van der Waals surface area contributed by atoms with Gasteiger partial charge < -0.3 is 9.64 Å². The normalized spacial score (nSPS) is 15.7. The zero-order chi connectivity index (χ0) is 13.2. The molecule has 2 heterocycles. The standard InChI is InChI=1S/C14H13ClN2O2/c15-12-4-3-11(13-10(12)2-1-5-16-13)14(18)17-6-8-19-9-7-17/h1-5H,6-9H2. The van der Waals surface area contributed by atoms with Crippen molar-refractivity contribution in [1.82, 2.24) is 9.88 Å². The third kappa shape index (κ3) is 2.29. The molecule has 0 N–H and O–H groups in total. The molecule has 98 valence electrons. The first kappa shape index (κ1) is 12.4. The monoisotopic (exact) mass is 276 g/mol. The van der Waals surface area contributed by atoms with Crippen LogP contribution in [0.3, 0.4) is 0 Å². The van der Waals surface area contributed by atoms with E-state index in [4.69, 9.17) is 16.3 Å². The highest BCUT2D eigenvalue weighted by atomic mass is 35.5. The summed E-state index contributed by atoms with van der Waals surface area (Å²) in [6, 6.07) is 7.19. The van der Waals surface area contributed by atoms with E-state index in [1.165, 1.54) is 0 Å². The lowest BCUT2D eigenvalue weighted by Crippen LogP contribution is -2.40. The van der Waals surface area contributed by atoms with Crippen LogP contribution in [0.4, 0.5) is 0 Å². The van der Waals surface area contributed by atoms with Gasteiger partial charge in [0.25, 0.3) is 5.91 Å². The van der Waals surface area contributed by atoms with Crippen LogP contribution in [0, 0.1) is 0 Å². The molecule has 2 aromatic rings. The maximum absolute atomic E-state index is 12.5. The molecule has 0 bridgehead atoms. The van der Waals surface area contributed by atoms with Crippen molar-refractivity contribution in [2.24, 2.45) is 0 Å². The molecule has 4 nitrogen and oxygen atoms in total. The number of morpholine rings is 1. The third-order valence-electron chi connectivity index (χ3n) is 3.25. The molecular weight excluding hydrogens is 264 g/mol. The molecule has 0 atom stereocenters. The van der Waals surface area contributed by atoms with Gasteiger partial charge in [0.15, 0.2) is 0 Å². The highest BCUT2D eigenvalue weighted by Gasteiger charge is 2.21. The second-order valence-electron chi connectivity index (χ2n) is 4.40. The van der Waals surface area contributed by atoms with Gasteiger partial charge in [-0.05, 0) is 24.3 Å². The second kappa shape index (κ2) is 5.15. The molecule has 3 rings (SSSR count). The van der Waals surface area contributed by atoms with Crippen LogP contribution in [0.2, 0.25) is 5.02 Å². The van der Waals surface area contributed by atoms with E-state index < -0.39 is 0 Å². The summed E-state index contributed by atoms with van der Waals surface area (Å²) in [6.45, 7) is 2.42. The van der Waals surface area contributed by atoms with E-state index in [0.29, 0.717) is 42.4 Å². The summed E-state index contributed by atoms with van der Waals surface area (Å²) in [6.07, 6.45) is 1.68. The van der Waals surface area contributed by atoms with Gasteiger partial charge in [0, 0.05) is 24.7 Å². The maximum atomic E-state index is 12.5. The van der Waals surface area contributed by atoms with Crippen LogP contribution in [-0.2, 0) is 4.74 Å². The number of ether oxygens (including phenoxy) is 1. The average Bonchev–Trinajstić information content (AvgIpc) is 2.48. The van der Waals surface area contributed by atoms with Crippen molar-refractivity contribution < 1.29 is 9.53 Å². The van der Waals surface area contributed by atoms with Crippen LogP contribution in [0.15, 0.2) is 30.5 Å². The highest BCUT2D eigenvalue weighted by Crippen LogP contribution is 2.25. The molecule has 0 spiro atoms. The van der Waals surface area contributed by atoms with Crippen molar-refractivity contribution in [2.45, 2.75) is 0 Å². The van der Waals surface area contributed by atoms with E-state index in [1.807, 2.05) is 12.1 Å². The first-order valence-electron chi connectivity index (χ1n) is 6.17. The van der Waals surface area contributed by atoms with Crippen LogP contribution < -0.4 is 0 Å². The minimum absolute atomic E-state index is 0.0105. The van der Waals surface area contributed by atoms with Gasteiger partial charge in [-0.25, -0.2) is 0 Å². The number of benzene rings is 1. The number of carbonyl (C=O) groups is 1. The van der Waals surface area contributed by atoms with Crippen LogP contribution in [-0.4, -0.2) is 42.1 Å². The predicted molar refractivity (Wildman–Crippen MR) is 73.5 cm³/mol. The minimum atomic E-state index is -0.0105. The Kier molecular flexibility index (Phi) is 3.36. The Morgan fingerprint density at radius 2 is 2.05 bits per heavy atom. The molecule has 5 heteroatoms. The zero-order valence-corrected chi connectivity index (χ0v) is 11.1. The Hall–Kier alpha value is -1.65. The Balaban J connectivity index is 2.05. The van der Waals surface area contributed by atoms with Gasteiger partial charge in [-0.3, -0.25) is 9.78 Å². The van der Waals surface area contributed by atoms with Crippen LogP contribution in [0.25, 0.3) is 10.9 Å². The van der Waals surface area contributed by atoms with Gasteiger partial charge in [-0.1, -0.05) is 11.6 Å². The van der Waals surface area contributed by atoms with Crippen LogP contribution in [0.5, 0.6) is 0 Å². The lowest BCUT2D eigenvalue weighted by molar-refractivity contribution is 0.0304. The molecule has 1 aromatic carbocycles. The molecule has 0 saturated carbocycles. The van der Waals surface area contributed by atoms with E-state index in [9.17, 15) is 4.79 Å². The number of hydrogen-bond donors (Lipinski definition) is 0. The number of aromatic nitrogens is 1. The van der Waals surface area contributed by atoms with Crippen molar-refractivity contribution in [3.63, 3.8) is 0 Å². The van der Waals surface area contributed by atoms with Gasteiger partial charge >= 0.3 is 0 Å². The molecule has 1 aliphatic rings. The third-order valence-corrected chi connectivity index (χ3v) is 3.57. The van der Waals surface area contributed by atoms with E-state index in [2.05, 4.69) is 4.98 Å². The van der Waals surface area contributed by atoms with Gasteiger partial charge in [0.2, 0.25) is 0 Å². The number of pyridine rings is 1. The fraction of sp³-hybridized carbons (Fsp3) is 0.286. The zero-order valence-electron chi connectivity index (χ0n) is 10.3. The topological polar surface area (TPSA) is 42.4 Å². The largest absolute Gasteiger partial charge is 0.378 e. The van der Waals surface area contributed by atoms with Crippen molar-refractivity contribution in [1.29, 1.82) is 0 Å². The van der Waals surface area contributed by atoms with Gasteiger partial charge in [0.1, 0.15) is 0 Å². The van der Waals surface area contributed by atoms with Crippen LogP contribution >= 0.6 is 11.6 Å². The predicted octanol–water partition coefficient (Wildman–Crippen LogP) is 2.36. The number of hydrogen-bond acceptors (Lipinski definition) is 3. The van der Waals surface area contributed by atoms with E-state index in [-0.39, 0.29) is 5.91 Å². The van der Waals surface area contributed by atoms with Crippen molar-refractivity contribution in [2.75, 3.05) is 26.3 Å². The SMILES string of the molecule is O=C(c1ccc(Cl)c2cccnc12)N1CCOCC1. The molecule has 19 heavy (non-hydrogen) atoms. The summed E-state index contributed by atoms with van der Waals surface area (Å²) in [7, 11) is 0. The number of nitrogens with zero attached hydrogens (tertiary/aromatic N) is 2. The van der Waals surface area contributed by atoms with Crippen molar-refractivity contribution >= 4 is 28.4 Å². The molecular formula is C14H13ClN2O2. The molecule has 1 fully saturated rings. The van der Waals surface area contributed by atoms with Gasteiger partial charge in [0.05, 0.1) is 29.3 Å². The molecule has 0 radical (unpaired) electrons. The molecule has 1 amide bonds. The van der Waals surface area contributed by atoms with E-state index in [1.54, 1.807) is 23.2 Å². The highest BCUT2D eigenvalue weighted by molar-refractivity contribution is 6.36. The Bertz CT molecular complexity index is 624. The number of amides is 1. The summed E-state index contributed by atoms with van der Waals surface area (Å²) in [5.74, 6) is -0.0105. The first-order chi connectivity index (χ1) is 9.27. The fourth-order valence-electron chi connectivity index (χ4n) is 2.25. The lowest BCUT2D eigenvalue weighted by atomic mass is 10.1. The number of fused-ring (bicyclic) bond motifs is 1. The molecule has 1 saturated heterocycles. The van der Waals surface area contributed by atoms with Gasteiger partial charge in [-0.2, -0.15) is 0 Å². The fourth-order valence-corrected chi connectivity index (χ4v) is 2.46. The first-order valence-corrected chi connectivity index (χ1v) is 6.55. The summed E-state index contributed by atoms with van der Waals surface area (Å²) < 4.78 is 5.26. The molecule has 0 aliphatic carbocycles. The number of rotatable bonds is 1. The van der Waals surface area contributed by atoms with E-state index in [0.717, 1.165) is 5.39 Å². The van der Waals surface area contributed by atoms with Gasteiger partial charge in [-0.15, -0.1) is 0 Å². The quantitative estimate of drug-likeness (QED) is 0.803. The number of halogens is 1. The average molecular weight is 277 g/mol. The molecule has 1 aliphatic heterocycles. The second-order valence-corrected chi connectivity index (χ2v) is 4.81. The van der Waals surface area contributed by atoms with Crippen molar-refractivity contribution in [3.05, 3.63) is 41.0 Å². The smallest absolute Gasteiger partial charge is 0.256 e. The maximum Gasteiger partial charge on any atom is 0.256 e. The lowest BCUT2D eigenvalue weighted by Gasteiger charge is -2.27. The van der Waals surface area contributed by atoms with Crippen molar-refractivity contribution in [3.8, 4) is 0 Å². The summed E-state index contributed by atoms with van der Waals surface area (Å²) in [4.78, 5) is 18.6. The molecule has 0 unspecified atom stereocenters. The summed E-state index contributed by atoms with van der Waals surface area (Å²) in [5.41, 5.74) is 1.26.